The molecule has 17 heavy (non-hydrogen) atoms. The van der Waals surface area contributed by atoms with E-state index in [1.807, 2.05) is 55.9 Å². The van der Waals surface area contributed by atoms with Crippen LogP contribution in [-0.2, 0) is 6.54 Å². The molecule has 0 fully saturated rings. The molecule has 0 aliphatic rings. The van der Waals surface area contributed by atoms with Gasteiger partial charge in [0, 0.05) is 10.8 Å². The fraction of sp³-hybridized carbons (Fsp3) is 0.385. The number of hydrogen-bond acceptors (Lipinski definition) is 3. The Labute approximate surface area is 101 Å². The molecule has 1 heterocycles. The largest absolute Gasteiger partial charge is 0.411 e. The van der Waals surface area contributed by atoms with Crippen LogP contribution < -0.4 is 0 Å². The van der Waals surface area contributed by atoms with Gasteiger partial charge in [0.2, 0.25) is 0 Å². The Hall–Kier alpha value is -1.84. The van der Waals surface area contributed by atoms with Crippen molar-refractivity contribution in [2.75, 3.05) is 0 Å². The van der Waals surface area contributed by atoms with Crippen molar-refractivity contribution >= 4 is 16.6 Å². The zero-order valence-corrected chi connectivity index (χ0v) is 10.4. The monoisotopic (exact) mass is 231 g/mol. The lowest BCUT2D eigenvalue weighted by Crippen LogP contribution is -2.25. The third-order valence-electron chi connectivity index (χ3n) is 2.84. The van der Waals surface area contributed by atoms with Crippen LogP contribution in [0.3, 0.4) is 0 Å². The summed E-state index contributed by atoms with van der Waals surface area (Å²) in [4.78, 5) is 0. The van der Waals surface area contributed by atoms with Crippen LogP contribution in [0.1, 0.15) is 20.8 Å². The summed E-state index contributed by atoms with van der Waals surface area (Å²) in [5.74, 6) is 0. The SMILES string of the molecule is CC(C)(C)C(Cn1ncc2ccccc21)=NO. The zero-order valence-electron chi connectivity index (χ0n) is 10.4. The summed E-state index contributed by atoms with van der Waals surface area (Å²) >= 11 is 0. The number of rotatable bonds is 2. The van der Waals surface area contributed by atoms with E-state index in [1.54, 1.807) is 0 Å². The molecule has 0 atom stereocenters. The molecule has 2 aromatic rings. The molecule has 1 aromatic carbocycles. The molecule has 0 saturated heterocycles. The van der Waals surface area contributed by atoms with Crippen LogP contribution in [0.2, 0.25) is 0 Å². The van der Waals surface area contributed by atoms with Gasteiger partial charge in [0.25, 0.3) is 0 Å². The van der Waals surface area contributed by atoms with Gasteiger partial charge in [-0.1, -0.05) is 44.1 Å². The summed E-state index contributed by atoms with van der Waals surface area (Å²) < 4.78 is 1.86. The average molecular weight is 231 g/mol. The van der Waals surface area contributed by atoms with Gasteiger partial charge in [0.1, 0.15) is 0 Å². The average Bonchev–Trinajstić information content (AvgIpc) is 2.67. The highest BCUT2D eigenvalue weighted by Gasteiger charge is 2.20. The number of benzene rings is 1. The van der Waals surface area contributed by atoms with Gasteiger partial charge in [-0.25, -0.2) is 0 Å². The maximum absolute atomic E-state index is 9.08. The first-order valence-electron chi connectivity index (χ1n) is 5.64. The Bertz CT molecular complexity index is 549. The smallest absolute Gasteiger partial charge is 0.0838 e. The number of fused-ring (bicyclic) bond motifs is 1. The van der Waals surface area contributed by atoms with Crippen molar-refractivity contribution in [3.63, 3.8) is 0 Å². The summed E-state index contributed by atoms with van der Waals surface area (Å²) in [6.45, 7) is 6.57. The molecule has 0 amide bonds. The summed E-state index contributed by atoms with van der Waals surface area (Å²) in [5, 5.41) is 17.9. The predicted octanol–water partition coefficient (Wildman–Crippen LogP) is 2.91. The highest BCUT2D eigenvalue weighted by Crippen LogP contribution is 2.19. The van der Waals surface area contributed by atoms with Crippen LogP contribution in [0.5, 0.6) is 0 Å². The first kappa shape index (κ1) is 11.6. The minimum atomic E-state index is -0.165. The molecule has 0 bridgehead atoms. The zero-order chi connectivity index (χ0) is 12.5. The Morgan fingerprint density at radius 1 is 1.35 bits per heavy atom. The molecule has 0 saturated carbocycles. The van der Waals surface area contributed by atoms with Crippen molar-refractivity contribution in [1.29, 1.82) is 0 Å². The summed E-state index contributed by atoms with van der Waals surface area (Å²) in [5.41, 5.74) is 1.60. The first-order valence-corrected chi connectivity index (χ1v) is 5.64. The van der Waals surface area contributed by atoms with Crippen molar-refractivity contribution in [3.8, 4) is 0 Å². The maximum Gasteiger partial charge on any atom is 0.0838 e. The van der Waals surface area contributed by atoms with E-state index in [0.29, 0.717) is 12.3 Å². The van der Waals surface area contributed by atoms with Gasteiger partial charge >= 0.3 is 0 Å². The molecule has 0 aliphatic carbocycles. The molecule has 0 unspecified atom stereocenters. The molecule has 0 spiro atoms. The van der Waals surface area contributed by atoms with Gasteiger partial charge in [-0.2, -0.15) is 5.10 Å². The van der Waals surface area contributed by atoms with Crippen molar-refractivity contribution in [1.82, 2.24) is 9.78 Å². The standard InChI is InChI=1S/C13H17N3O/c1-13(2,3)12(15-17)9-16-11-7-5-4-6-10(11)8-14-16/h4-8,17H,9H2,1-3H3. The highest BCUT2D eigenvalue weighted by atomic mass is 16.4. The van der Waals surface area contributed by atoms with Crippen LogP contribution >= 0.6 is 0 Å². The van der Waals surface area contributed by atoms with Crippen molar-refractivity contribution in [3.05, 3.63) is 30.5 Å². The molecule has 90 valence electrons. The molecule has 0 aliphatic heterocycles. The summed E-state index contributed by atoms with van der Waals surface area (Å²) in [7, 11) is 0. The molecule has 4 nitrogen and oxygen atoms in total. The van der Waals surface area contributed by atoms with E-state index < -0.39 is 0 Å². The topological polar surface area (TPSA) is 50.4 Å². The quantitative estimate of drug-likeness (QED) is 0.491. The molecule has 0 radical (unpaired) electrons. The third kappa shape index (κ3) is 2.30. The number of aromatic nitrogens is 2. The van der Waals surface area contributed by atoms with Crippen molar-refractivity contribution in [2.24, 2.45) is 10.6 Å². The minimum Gasteiger partial charge on any atom is -0.411 e. The van der Waals surface area contributed by atoms with Gasteiger partial charge in [0.05, 0.1) is 24.0 Å². The van der Waals surface area contributed by atoms with E-state index >= 15 is 0 Å². The van der Waals surface area contributed by atoms with E-state index in [0.717, 1.165) is 10.9 Å². The Kier molecular flexibility index (Phi) is 2.88. The van der Waals surface area contributed by atoms with E-state index in [9.17, 15) is 0 Å². The van der Waals surface area contributed by atoms with Gasteiger partial charge in [-0.3, -0.25) is 4.68 Å². The molecule has 1 N–H and O–H groups in total. The normalized spacial score (nSPS) is 13.2. The van der Waals surface area contributed by atoms with Gasteiger partial charge in [-0.05, 0) is 6.07 Å². The number of oxime groups is 1. The third-order valence-corrected chi connectivity index (χ3v) is 2.84. The van der Waals surface area contributed by atoms with Gasteiger partial charge < -0.3 is 5.21 Å². The Balaban J connectivity index is 2.36. The summed E-state index contributed by atoms with van der Waals surface area (Å²) in [6.07, 6.45) is 1.83. The lowest BCUT2D eigenvalue weighted by molar-refractivity contribution is 0.307. The second-order valence-corrected chi connectivity index (χ2v) is 5.16. The predicted molar refractivity (Wildman–Crippen MR) is 68.4 cm³/mol. The Morgan fingerprint density at radius 2 is 2.06 bits per heavy atom. The minimum absolute atomic E-state index is 0.165. The fourth-order valence-electron chi connectivity index (χ4n) is 1.71. The number of nitrogens with zero attached hydrogens (tertiary/aromatic N) is 3. The maximum atomic E-state index is 9.08. The van der Waals surface area contributed by atoms with E-state index in [1.165, 1.54) is 0 Å². The fourth-order valence-corrected chi connectivity index (χ4v) is 1.71. The molecule has 1 aromatic heterocycles. The number of hydrogen-bond donors (Lipinski definition) is 1. The first-order chi connectivity index (χ1) is 8.02. The van der Waals surface area contributed by atoms with E-state index in [-0.39, 0.29) is 5.41 Å². The van der Waals surface area contributed by atoms with Crippen LogP contribution in [0, 0.1) is 5.41 Å². The molecular formula is C13H17N3O. The van der Waals surface area contributed by atoms with Crippen LogP contribution in [0.4, 0.5) is 0 Å². The molecular weight excluding hydrogens is 214 g/mol. The second-order valence-electron chi connectivity index (χ2n) is 5.16. The lowest BCUT2D eigenvalue weighted by atomic mass is 9.90. The van der Waals surface area contributed by atoms with E-state index in [2.05, 4.69) is 10.3 Å². The molecule has 4 heteroatoms. The molecule has 2 rings (SSSR count). The van der Waals surface area contributed by atoms with Gasteiger partial charge in [0.15, 0.2) is 0 Å². The van der Waals surface area contributed by atoms with Crippen LogP contribution in [0.25, 0.3) is 10.9 Å². The lowest BCUT2D eigenvalue weighted by Gasteiger charge is -2.20. The van der Waals surface area contributed by atoms with Crippen molar-refractivity contribution < 1.29 is 5.21 Å². The second kappa shape index (κ2) is 4.20. The van der Waals surface area contributed by atoms with Gasteiger partial charge in [-0.15, -0.1) is 0 Å². The Morgan fingerprint density at radius 3 is 2.71 bits per heavy atom. The summed E-state index contributed by atoms with van der Waals surface area (Å²) in [6, 6.07) is 8.00. The van der Waals surface area contributed by atoms with Crippen LogP contribution in [-0.4, -0.2) is 20.7 Å². The highest BCUT2D eigenvalue weighted by molar-refractivity contribution is 5.90. The number of para-hydroxylation sites is 1. The van der Waals surface area contributed by atoms with Crippen LogP contribution in [0.15, 0.2) is 35.6 Å². The van der Waals surface area contributed by atoms with Crippen molar-refractivity contribution in [2.45, 2.75) is 27.3 Å². The van der Waals surface area contributed by atoms with E-state index in [4.69, 9.17) is 5.21 Å².